The van der Waals surface area contributed by atoms with Gasteiger partial charge < -0.3 is 4.74 Å². The van der Waals surface area contributed by atoms with Gasteiger partial charge in [0.1, 0.15) is 0 Å². The van der Waals surface area contributed by atoms with E-state index in [9.17, 15) is 0 Å². The highest BCUT2D eigenvalue weighted by molar-refractivity contribution is 4.76. The van der Waals surface area contributed by atoms with E-state index in [0.29, 0.717) is 11.5 Å². The molecule has 0 aromatic carbocycles. The Hall–Kier alpha value is -0.0800. The van der Waals surface area contributed by atoms with Gasteiger partial charge in [-0.25, -0.2) is 0 Å². The second-order valence-corrected chi connectivity index (χ2v) is 4.96. The summed E-state index contributed by atoms with van der Waals surface area (Å²) in [6, 6.07) is 0.595. The van der Waals surface area contributed by atoms with Crippen LogP contribution in [0.5, 0.6) is 0 Å². The van der Waals surface area contributed by atoms with Crippen LogP contribution in [0.3, 0.4) is 0 Å². The highest BCUT2D eigenvalue weighted by Gasteiger charge is 2.23. The Kier molecular flexibility index (Phi) is 3.13. The lowest BCUT2D eigenvalue weighted by atomic mass is 9.95. The van der Waals surface area contributed by atoms with Crippen LogP contribution in [0.25, 0.3) is 0 Å². The summed E-state index contributed by atoms with van der Waals surface area (Å²) in [6.07, 6.45) is 0. The molecule has 1 fully saturated rings. The fraction of sp³-hybridized carbons (Fsp3) is 1.00. The van der Waals surface area contributed by atoms with Crippen molar-refractivity contribution >= 4 is 0 Å². The largest absolute Gasteiger partial charge is 0.379 e. The minimum absolute atomic E-state index is 0.408. The Morgan fingerprint density at radius 3 is 2.58 bits per heavy atom. The standard InChI is InChI=1S/C10H21NO/c1-9-7-12-6-5-11(9)8-10(2,3)4/h9H,5-8H2,1-4H3. The van der Waals surface area contributed by atoms with Crippen LogP contribution < -0.4 is 0 Å². The highest BCUT2D eigenvalue weighted by atomic mass is 16.5. The van der Waals surface area contributed by atoms with E-state index in [-0.39, 0.29) is 0 Å². The number of ether oxygens (including phenoxy) is 1. The van der Waals surface area contributed by atoms with Gasteiger partial charge in [0.25, 0.3) is 0 Å². The first-order chi connectivity index (χ1) is 5.49. The highest BCUT2D eigenvalue weighted by Crippen LogP contribution is 2.18. The first-order valence-electron chi connectivity index (χ1n) is 4.81. The average Bonchev–Trinajstić information content (AvgIpc) is 1.91. The van der Waals surface area contributed by atoms with Gasteiger partial charge in [0.2, 0.25) is 0 Å². The normalized spacial score (nSPS) is 27.5. The summed E-state index contributed by atoms with van der Waals surface area (Å²) in [4.78, 5) is 2.52. The zero-order valence-corrected chi connectivity index (χ0v) is 8.76. The molecule has 1 saturated heterocycles. The van der Waals surface area contributed by atoms with Gasteiger partial charge >= 0.3 is 0 Å². The molecule has 1 atom stereocenters. The molecule has 0 saturated carbocycles. The van der Waals surface area contributed by atoms with Gasteiger partial charge in [-0.15, -0.1) is 0 Å². The molecule has 0 aromatic rings. The van der Waals surface area contributed by atoms with E-state index < -0.39 is 0 Å². The van der Waals surface area contributed by atoms with E-state index in [1.807, 2.05) is 0 Å². The molecule has 1 unspecified atom stereocenters. The molecule has 0 bridgehead atoms. The Morgan fingerprint density at radius 1 is 1.42 bits per heavy atom. The van der Waals surface area contributed by atoms with Crippen molar-refractivity contribution in [2.75, 3.05) is 26.3 Å². The van der Waals surface area contributed by atoms with Crippen molar-refractivity contribution in [3.8, 4) is 0 Å². The lowest BCUT2D eigenvalue weighted by Gasteiger charge is -2.37. The van der Waals surface area contributed by atoms with Crippen molar-refractivity contribution in [1.29, 1.82) is 0 Å². The second kappa shape index (κ2) is 3.75. The summed E-state index contributed by atoms with van der Waals surface area (Å²) in [7, 11) is 0. The number of nitrogens with zero attached hydrogens (tertiary/aromatic N) is 1. The second-order valence-electron chi connectivity index (χ2n) is 4.96. The summed E-state index contributed by atoms with van der Waals surface area (Å²) < 4.78 is 5.38. The number of hydrogen-bond donors (Lipinski definition) is 0. The minimum atomic E-state index is 0.408. The van der Waals surface area contributed by atoms with Crippen LogP contribution in [-0.2, 0) is 4.74 Å². The molecule has 0 radical (unpaired) electrons. The van der Waals surface area contributed by atoms with Gasteiger partial charge in [0.15, 0.2) is 0 Å². The maximum absolute atomic E-state index is 5.38. The third-order valence-electron chi connectivity index (χ3n) is 2.18. The molecule has 1 aliphatic heterocycles. The third-order valence-corrected chi connectivity index (χ3v) is 2.18. The smallest absolute Gasteiger partial charge is 0.0619 e. The van der Waals surface area contributed by atoms with Crippen molar-refractivity contribution < 1.29 is 4.74 Å². The quantitative estimate of drug-likeness (QED) is 0.596. The lowest BCUT2D eigenvalue weighted by molar-refractivity contribution is -0.0138. The van der Waals surface area contributed by atoms with Crippen LogP contribution in [0.2, 0.25) is 0 Å². The Labute approximate surface area is 75.9 Å². The van der Waals surface area contributed by atoms with E-state index in [1.54, 1.807) is 0 Å². The molecule has 1 heterocycles. The zero-order valence-electron chi connectivity index (χ0n) is 8.76. The first-order valence-corrected chi connectivity index (χ1v) is 4.81. The van der Waals surface area contributed by atoms with Crippen LogP contribution in [0.4, 0.5) is 0 Å². The molecule has 0 aromatic heterocycles. The van der Waals surface area contributed by atoms with Crippen LogP contribution in [0, 0.1) is 5.41 Å². The Balaban J connectivity index is 2.39. The monoisotopic (exact) mass is 171 g/mol. The van der Waals surface area contributed by atoms with Gasteiger partial charge in [-0.3, -0.25) is 4.90 Å². The summed E-state index contributed by atoms with van der Waals surface area (Å²) in [6.45, 7) is 13.2. The summed E-state index contributed by atoms with van der Waals surface area (Å²) in [5.74, 6) is 0. The topological polar surface area (TPSA) is 12.5 Å². The summed E-state index contributed by atoms with van der Waals surface area (Å²) in [5.41, 5.74) is 0.408. The van der Waals surface area contributed by atoms with Crippen molar-refractivity contribution in [3.63, 3.8) is 0 Å². The van der Waals surface area contributed by atoms with E-state index in [4.69, 9.17) is 4.74 Å². The molecular formula is C10H21NO. The van der Waals surface area contributed by atoms with E-state index in [2.05, 4.69) is 32.6 Å². The maximum atomic E-state index is 5.38. The molecule has 2 heteroatoms. The number of hydrogen-bond acceptors (Lipinski definition) is 2. The molecule has 0 aliphatic carbocycles. The van der Waals surface area contributed by atoms with Gasteiger partial charge in [0.05, 0.1) is 13.2 Å². The van der Waals surface area contributed by atoms with E-state index in [1.165, 1.54) is 6.54 Å². The molecule has 1 aliphatic rings. The van der Waals surface area contributed by atoms with E-state index in [0.717, 1.165) is 19.8 Å². The van der Waals surface area contributed by atoms with Gasteiger partial charge in [-0.05, 0) is 12.3 Å². The van der Waals surface area contributed by atoms with Crippen molar-refractivity contribution in [1.82, 2.24) is 4.90 Å². The SMILES string of the molecule is CC1COCCN1CC(C)(C)C. The zero-order chi connectivity index (χ0) is 9.19. The van der Waals surface area contributed by atoms with Gasteiger partial charge in [0, 0.05) is 19.1 Å². The van der Waals surface area contributed by atoms with Crippen molar-refractivity contribution in [2.24, 2.45) is 5.41 Å². The Morgan fingerprint density at radius 2 is 2.08 bits per heavy atom. The fourth-order valence-electron chi connectivity index (χ4n) is 1.61. The Bertz CT molecular complexity index is 139. The number of rotatable bonds is 1. The fourth-order valence-corrected chi connectivity index (χ4v) is 1.61. The lowest BCUT2D eigenvalue weighted by Crippen LogP contribution is -2.47. The van der Waals surface area contributed by atoms with Crippen LogP contribution in [0.1, 0.15) is 27.7 Å². The third kappa shape index (κ3) is 3.11. The molecular weight excluding hydrogens is 150 g/mol. The molecule has 1 rings (SSSR count). The van der Waals surface area contributed by atoms with E-state index >= 15 is 0 Å². The maximum Gasteiger partial charge on any atom is 0.0619 e. The summed E-state index contributed by atoms with van der Waals surface area (Å²) in [5, 5.41) is 0. The molecule has 12 heavy (non-hydrogen) atoms. The van der Waals surface area contributed by atoms with Crippen LogP contribution in [0.15, 0.2) is 0 Å². The number of morpholine rings is 1. The van der Waals surface area contributed by atoms with Crippen molar-refractivity contribution in [3.05, 3.63) is 0 Å². The molecule has 0 N–H and O–H groups in total. The predicted molar refractivity (Wildman–Crippen MR) is 51.3 cm³/mol. The van der Waals surface area contributed by atoms with Crippen molar-refractivity contribution in [2.45, 2.75) is 33.7 Å². The minimum Gasteiger partial charge on any atom is -0.379 e. The molecule has 2 nitrogen and oxygen atoms in total. The summed E-state index contributed by atoms with van der Waals surface area (Å²) >= 11 is 0. The molecule has 72 valence electrons. The van der Waals surface area contributed by atoms with Crippen LogP contribution >= 0.6 is 0 Å². The molecule has 0 spiro atoms. The first kappa shape index (κ1) is 10.0. The molecule has 0 amide bonds. The van der Waals surface area contributed by atoms with Gasteiger partial charge in [-0.1, -0.05) is 20.8 Å². The predicted octanol–water partition coefficient (Wildman–Crippen LogP) is 1.75. The van der Waals surface area contributed by atoms with Gasteiger partial charge in [-0.2, -0.15) is 0 Å². The van der Waals surface area contributed by atoms with Crippen LogP contribution in [-0.4, -0.2) is 37.2 Å². The average molecular weight is 171 g/mol.